The highest BCUT2D eigenvalue weighted by Gasteiger charge is 2.38. The molecule has 1 aliphatic heterocycles. The molecule has 0 bridgehead atoms. The highest BCUT2D eigenvalue weighted by molar-refractivity contribution is 4.92. The van der Waals surface area contributed by atoms with Gasteiger partial charge in [0.25, 0.3) is 0 Å². The lowest BCUT2D eigenvalue weighted by Crippen LogP contribution is -2.54. The molecule has 0 unspecified atom stereocenters. The monoisotopic (exact) mass is 238 g/mol. The molecular weight excluding hydrogens is 208 g/mol. The summed E-state index contributed by atoms with van der Waals surface area (Å²) >= 11 is 0. The van der Waals surface area contributed by atoms with E-state index in [4.69, 9.17) is 0 Å². The number of nitrogens with zero attached hydrogens (tertiary/aromatic N) is 2. The highest BCUT2D eigenvalue weighted by Crippen LogP contribution is 2.38. The minimum absolute atomic E-state index is 0.601. The fraction of sp³-hybridized carbons (Fsp3) is 1.00. The van der Waals surface area contributed by atoms with Gasteiger partial charge >= 0.3 is 0 Å². The number of hydrogen-bond acceptors (Lipinski definition) is 2. The van der Waals surface area contributed by atoms with E-state index in [0.29, 0.717) is 5.41 Å². The van der Waals surface area contributed by atoms with Crippen LogP contribution in [0.1, 0.15) is 40.0 Å². The first kappa shape index (κ1) is 13.4. The molecule has 1 heterocycles. The van der Waals surface area contributed by atoms with Crippen molar-refractivity contribution in [3.63, 3.8) is 0 Å². The van der Waals surface area contributed by atoms with Crippen LogP contribution in [-0.2, 0) is 0 Å². The van der Waals surface area contributed by atoms with E-state index in [2.05, 4.69) is 44.7 Å². The Morgan fingerprint density at radius 3 is 2.35 bits per heavy atom. The summed E-state index contributed by atoms with van der Waals surface area (Å²) in [5.74, 6) is 1.88. The van der Waals surface area contributed by atoms with Gasteiger partial charge in [0.1, 0.15) is 0 Å². The fourth-order valence-electron chi connectivity index (χ4n) is 3.58. The lowest BCUT2D eigenvalue weighted by Gasteiger charge is -2.49. The molecule has 2 aliphatic rings. The summed E-state index contributed by atoms with van der Waals surface area (Å²) in [5.41, 5.74) is 0.601. The predicted octanol–water partition coefficient (Wildman–Crippen LogP) is 2.69. The maximum Gasteiger partial charge on any atom is 0.00977 e. The van der Waals surface area contributed by atoms with Gasteiger partial charge in [-0.3, -0.25) is 0 Å². The van der Waals surface area contributed by atoms with E-state index in [1.165, 1.54) is 38.9 Å². The molecule has 0 N–H and O–H groups in total. The van der Waals surface area contributed by atoms with Gasteiger partial charge in [0, 0.05) is 19.1 Å². The van der Waals surface area contributed by atoms with Gasteiger partial charge < -0.3 is 9.80 Å². The molecule has 1 saturated carbocycles. The minimum atomic E-state index is 0.601. The van der Waals surface area contributed by atoms with Crippen LogP contribution in [0.25, 0.3) is 0 Å². The summed E-state index contributed by atoms with van der Waals surface area (Å²) in [6.07, 6.45) is 4.24. The van der Waals surface area contributed by atoms with E-state index in [1.54, 1.807) is 0 Å². The van der Waals surface area contributed by atoms with E-state index in [0.717, 1.165) is 17.9 Å². The minimum Gasteiger partial charge on any atom is -0.305 e. The van der Waals surface area contributed by atoms with Crippen LogP contribution < -0.4 is 0 Å². The van der Waals surface area contributed by atoms with E-state index in [1.807, 2.05) is 0 Å². The van der Waals surface area contributed by atoms with Gasteiger partial charge in [-0.2, -0.15) is 0 Å². The average Bonchev–Trinajstić information content (AvgIpc) is 2.09. The second kappa shape index (κ2) is 4.89. The van der Waals surface area contributed by atoms with E-state index >= 15 is 0 Å². The molecule has 2 heteroatoms. The Morgan fingerprint density at radius 1 is 1.29 bits per heavy atom. The third kappa shape index (κ3) is 3.03. The van der Waals surface area contributed by atoms with E-state index < -0.39 is 0 Å². The number of likely N-dealkylation sites (tertiary alicyclic amines) is 1. The molecular formula is C15H30N2. The van der Waals surface area contributed by atoms with Crippen LogP contribution in [0.5, 0.6) is 0 Å². The summed E-state index contributed by atoms with van der Waals surface area (Å²) in [5, 5.41) is 0. The van der Waals surface area contributed by atoms with E-state index in [-0.39, 0.29) is 0 Å². The molecule has 2 nitrogen and oxygen atoms in total. The Hall–Kier alpha value is -0.0800. The molecule has 17 heavy (non-hydrogen) atoms. The Kier molecular flexibility index (Phi) is 3.84. The zero-order valence-electron chi connectivity index (χ0n) is 12.4. The third-order valence-electron chi connectivity index (χ3n) is 5.09. The second-order valence-electron chi connectivity index (χ2n) is 7.34. The van der Waals surface area contributed by atoms with Crippen molar-refractivity contribution in [2.75, 3.05) is 33.7 Å². The summed E-state index contributed by atoms with van der Waals surface area (Å²) in [7, 11) is 4.55. The van der Waals surface area contributed by atoms with Crippen LogP contribution in [-0.4, -0.2) is 49.6 Å². The van der Waals surface area contributed by atoms with Gasteiger partial charge in [0.15, 0.2) is 0 Å². The van der Waals surface area contributed by atoms with Crippen molar-refractivity contribution in [2.24, 2.45) is 17.3 Å². The van der Waals surface area contributed by atoms with Gasteiger partial charge in [0.2, 0.25) is 0 Å². The zero-order valence-corrected chi connectivity index (χ0v) is 12.4. The van der Waals surface area contributed by atoms with Crippen LogP contribution in [0.2, 0.25) is 0 Å². The maximum absolute atomic E-state index is 2.61. The highest BCUT2D eigenvalue weighted by atomic mass is 15.2. The molecule has 0 atom stereocenters. The largest absolute Gasteiger partial charge is 0.305 e. The molecule has 0 aromatic heterocycles. The van der Waals surface area contributed by atoms with Crippen LogP contribution >= 0.6 is 0 Å². The quantitative estimate of drug-likeness (QED) is 0.726. The van der Waals surface area contributed by atoms with E-state index in [9.17, 15) is 0 Å². The number of rotatable bonds is 5. The molecule has 100 valence electrons. The second-order valence-corrected chi connectivity index (χ2v) is 7.34. The SMILES string of the molecule is CC(C)C1CC(N(C)CCC2(C)CN(C)C2)C1. The number of hydrogen-bond donors (Lipinski definition) is 0. The molecule has 1 saturated heterocycles. The Bertz CT molecular complexity index is 250. The molecule has 1 aliphatic carbocycles. The molecule has 0 radical (unpaired) electrons. The Labute approximate surface area is 107 Å². The van der Waals surface area contributed by atoms with Crippen molar-refractivity contribution in [1.29, 1.82) is 0 Å². The Balaban J connectivity index is 1.64. The van der Waals surface area contributed by atoms with Gasteiger partial charge in [0.05, 0.1) is 0 Å². The van der Waals surface area contributed by atoms with Gasteiger partial charge in [-0.25, -0.2) is 0 Å². The summed E-state index contributed by atoms with van der Waals surface area (Å²) < 4.78 is 0. The summed E-state index contributed by atoms with van der Waals surface area (Å²) in [6.45, 7) is 11.1. The first-order valence-electron chi connectivity index (χ1n) is 7.28. The molecule has 2 rings (SSSR count). The normalized spacial score (nSPS) is 32.6. The molecule has 0 spiro atoms. The van der Waals surface area contributed by atoms with Gasteiger partial charge in [-0.05, 0) is 57.2 Å². The van der Waals surface area contributed by atoms with Gasteiger partial charge in [-0.1, -0.05) is 20.8 Å². The standard InChI is InChI=1S/C15H30N2/c1-12(2)13-8-14(9-13)17(5)7-6-15(3)10-16(4)11-15/h12-14H,6-11H2,1-5H3. The zero-order chi connectivity index (χ0) is 12.6. The fourth-order valence-corrected chi connectivity index (χ4v) is 3.58. The van der Waals surface area contributed by atoms with Crippen LogP contribution in [0, 0.1) is 17.3 Å². The van der Waals surface area contributed by atoms with Crippen LogP contribution in [0.3, 0.4) is 0 Å². The van der Waals surface area contributed by atoms with Gasteiger partial charge in [-0.15, -0.1) is 0 Å². The van der Waals surface area contributed by atoms with Crippen LogP contribution in [0.15, 0.2) is 0 Å². The van der Waals surface area contributed by atoms with Crippen molar-refractivity contribution in [1.82, 2.24) is 9.80 Å². The molecule has 0 aromatic rings. The molecule has 0 amide bonds. The maximum atomic E-state index is 2.61. The topological polar surface area (TPSA) is 6.48 Å². The molecule has 0 aromatic carbocycles. The lowest BCUT2D eigenvalue weighted by atomic mass is 9.72. The Morgan fingerprint density at radius 2 is 1.88 bits per heavy atom. The van der Waals surface area contributed by atoms with Crippen LogP contribution in [0.4, 0.5) is 0 Å². The first-order chi connectivity index (χ1) is 7.89. The first-order valence-corrected chi connectivity index (χ1v) is 7.28. The van der Waals surface area contributed by atoms with Crippen molar-refractivity contribution >= 4 is 0 Å². The van der Waals surface area contributed by atoms with Crippen molar-refractivity contribution in [2.45, 2.75) is 46.1 Å². The predicted molar refractivity (Wildman–Crippen MR) is 74.2 cm³/mol. The van der Waals surface area contributed by atoms with Crippen molar-refractivity contribution in [3.05, 3.63) is 0 Å². The third-order valence-corrected chi connectivity index (χ3v) is 5.09. The molecule has 2 fully saturated rings. The van der Waals surface area contributed by atoms with Crippen molar-refractivity contribution < 1.29 is 0 Å². The summed E-state index contributed by atoms with van der Waals surface area (Å²) in [6, 6.07) is 0.879. The lowest BCUT2D eigenvalue weighted by molar-refractivity contribution is 0.00849. The van der Waals surface area contributed by atoms with Crippen molar-refractivity contribution in [3.8, 4) is 0 Å². The summed E-state index contributed by atoms with van der Waals surface area (Å²) in [4.78, 5) is 5.04. The average molecular weight is 238 g/mol. The smallest absolute Gasteiger partial charge is 0.00977 e.